The summed E-state index contributed by atoms with van der Waals surface area (Å²) >= 11 is 0. The highest BCUT2D eigenvalue weighted by atomic mass is 32.2. The fourth-order valence-corrected chi connectivity index (χ4v) is 4.67. The zero-order valence-electron chi connectivity index (χ0n) is 15.7. The molecular weight excluding hydrogens is 348 g/mol. The van der Waals surface area contributed by atoms with E-state index in [-0.39, 0.29) is 5.75 Å². The number of hydrogen-bond acceptors (Lipinski definition) is 3. The van der Waals surface area contributed by atoms with Crippen LogP contribution < -0.4 is 5.32 Å². The molecule has 1 aromatic heterocycles. The maximum Gasteiger partial charge on any atom is 0.194 e. The third kappa shape index (κ3) is 3.87. The fraction of sp³-hybridized carbons (Fsp3) is 0.526. The van der Waals surface area contributed by atoms with E-state index >= 15 is 0 Å². The highest BCUT2D eigenvalue weighted by molar-refractivity contribution is 7.92. The van der Waals surface area contributed by atoms with E-state index in [1.54, 1.807) is 13.8 Å². The van der Waals surface area contributed by atoms with Crippen molar-refractivity contribution in [1.29, 1.82) is 0 Å². The minimum absolute atomic E-state index is 0.173. The lowest BCUT2D eigenvalue weighted by Gasteiger charge is -2.39. The Hall–Kier alpha value is -2.02. The summed E-state index contributed by atoms with van der Waals surface area (Å²) in [5, 5.41) is 4.51. The minimum atomic E-state index is -3.05. The van der Waals surface area contributed by atoms with Gasteiger partial charge in [0.1, 0.15) is 0 Å². The van der Waals surface area contributed by atoms with Crippen LogP contribution >= 0.6 is 0 Å². The Labute approximate surface area is 155 Å². The van der Waals surface area contributed by atoms with Gasteiger partial charge in [-0.15, -0.1) is 0 Å². The molecule has 1 saturated heterocycles. The van der Waals surface area contributed by atoms with Gasteiger partial charge in [0.25, 0.3) is 0 Å². The van der Waals surface area contributed by atoms with Crippen molar-refractivity contribution >= 4 is 26.7 Å². The Balaban J connectivity index is 1.69. The van der Waals surface area contributed by atoms with Gasteiger partial charge in [0.15, 0.2) is 15.8 Å². The summed E-state index contributed by atoms with van der Waals surface area (Å²) in [7, 11) is -3.05. The lowest BCUT2D eigenvalue weighted by atomic mass is 10.2. The van der Waals surface area contributed by atoms with Crippen LogP contribution in [0.15, 0.2) is 35.3 Å². The molecule has 0 saturated carbocycles. The predicted molar refractivity (Wildman–Crippen MR) is 107 cm³/mol. The smallest absolute Gasteiger partial charge is 0.194 e. The van der Waals surface area contributed by atoms with Crippen molar-refractivity contribution in [2.75, 3.05) is 31.9 Å². The van der Waals surface area contributed by atoms with Crippen molar-refractivity contribution in [3.8, 4) is 0 Å². The molecule has 142 valence electrons. The van der Waals surface area contributed by atoms with Crippen LogP contribution in [-0.4, -0.2) is 60.9 Å². The van der Waals surface area contributed by atoms with Crippen molar-refractivity contribution in [2.45, 2.75) is 31.9 Å². The highest BCUT2D eigenvalue weighted by Crippen LogP contribution is 2.23. The minimum Gasteiger partial charge on any atom is -0.358 e. The molecule has 0 unspecified atom stereocenters. The molecule has 6 nitrogen and oxygen atoms in total. The molecule has 1 aliphatic rings. The third-order valence-corrected chi connectivity index (χ3v) is 7.44. The van der Waals surface area contributed by atoms with E-state index in [2.05, 4.69) is 33.4 Å². The van der Waals surface area contributed by atoms with Gasteiger partial charge in [0, 0.05) is 43.8 Å². The fourth-order valence-electron chi connectivity index (χ4n) is 3.30. The van der Waals surface area contributed by atoms with Crippen LogP contribution in [0.2, 0.25) is 0 Å². The average molecular weight is 377 g/mol. The molecule has 0 radical (unpaired) electrons. The monoisotopic (exact) mass is 376 g/mol. The van der Waals surface area contributed by atoms with E-state index in [1.165, 1.54) is 5.39 Å². The van der Waals surface area contributed by atoms with Crippen LogP contribution in [0, 0.1) is 0 Å². The van der Waals surface area contributed by atoms with Gasteiger partial charge in [-0.05, 0) is 38.3 Å². The van der Waals surface area contributed by atoms with Crippen molar-refractivity contribution < 1.29 is 8.42 Å². The number of para-hydroxylation sites is 1. The number of nitrogens with one attached hydrogen (secondary N) is 2. The van der Waals surface area contributed by atoms with Crippen molar-refractivity contribution in [3.63, 3.8) is 0 Å². The maximum absolute atomic E-state index is 12.2. The molecule has 0 spiro atoms. The maximum atomic E-state index is 12.2. The van der Waals surface area contributed by atoms with Crippen LogP contribution in [0.5, 0.6) is 0 Å². The molecule has 1 aromatic carbocycles. The van der Waals surface area contributed by atoms with Crippen molar-refractivity contribution in [3.05, 3.63) is 36.0 Å². The molecule has 26 heavy (non-hydrogen) atoms. The number of aliphatic imine (C=N–C) groups is 1. The number of fused-ring (bicyclic) bond motifs is 1. The molecule has 1 aliphatic heterocycles. The molecule has 0 atom stereocenters. The number of sulfone groups is 1. The number of aromatic amines is 1. The van der Waals surface area contributed by atoms with Gasteiger partial charge in [-0.2, -0.15) is 0 Å². The number of hydrogen-bond donors (Lipinski definition) is 2. The van der Waals surface area contributed by atoms with E-state index in [9.17, 15) is 8.42 Å². The number of aromatic nitrogens is 1. The summed E-state index contributed by atoms with van der Waals surface area (Å²) in [6.45, 7) is 7.98. The zero-order chi connectivity index (χ0) is 18.8. The Morgan fingerprint density at radius 1 is 1.35 bits per heavy atom. The standard InChI is InChI=1S/C19H28N4O2S/c1-4-20-18(23-11-12-26(24,25)19(2,3)14-23)21-10-9-16-13-15-7-5-6-8-17(15)22-16/h5-8,13,22H,4,9-12,14H2,1-3H3,(H,20,21). The van der Waals surface area contributed by atoms with Gasteiger partial charge < -0.3 is 15.2 Å². The summed E-state index contributed by atoms with van der Waals surface area (Å²) in [6.07, 6.45) is 0.819. The Morgan fingerprint density at radius 2 is 2.12 bits per heavy atom. The second-order valence-electron chi connectivity index (χ2n) is 7.37. The van der Waals surface area contributed by atoms with Crippen LogP contribution in [0.4, 0.5) is 0 Å². The van der Waals surface area contributed by atoms with Gasteiger partial charge in [0.05, 0.1) is 10.5 Å². The van der Waals surface area contributed by atoms with Crippen LogP contribution in [0.25, 0.3) is 10.9 Å². The summed E-state index contributed by atoms with van der Waals surface area (Å²) < 4.78 is 23.7. The van der Waals surface area contributed by atoms with E-state index in [0.29, 0.717) is 19.6 Å². The summed E-state index contributed by atoms with van der Waals surface area (Å²) in [5.41, 5.74) is 2.30. The molecule has 2 aromatic rings. The normalized spacial score (nSPS) is 19.7. The summed E-state index contributed by atoms with van der Waals surface area (Å²) in [5.74, 6) is 0.971. The van der Waals surface area contributed by atoms with Crippen molar-refractivity contribution in [1.82, 2.24) is 15.2 Å². The number of H-pyrrole nitrogens is 1. The largest absolute Gasteiger partial charge is 0.358 e. The second kappa shape index (κ2) is 7.31. The van der Waals surface area contributed by atoms with E-state index in [1.807, 2.05) is 19.1 Å². The van der Waals surface area contributed by atoms with Crippen LogP contribution in [0.3, 0.4) is 0 Å². The van der Waals surface area contributed by atoms with Gasteiger partial charge in [-0.25, -0.2) is 8.42 Å². The highest BCUT2D eigenvalue weighted by Gasteiger charge is 2.40. The predicted octanol–water partition coefficient (Wildman–Crippen LogP) is 2.18. The van der Waals surface area contributed by atoms with E-state index in [0.717, 1.165) is 30.1 Å². The molecule has 1 fully saturated rings. The second-order valence-corrected chi connectivity index (χ2v) is 10.1. The quantitative estimate of drug-likeness (QED) is 0.633. The van der Waals surface area contributed by atoms with Gasteiger partial charge >= 0.3 is 0 Å². The summed E-state index contributed by atoms with van der Waals surface area (Å²) in [4.78, 5) is 10.2. The lowest BCUT2D eigenvalue weighted by Crippen LogP contribution is -2.57. The Bertz CT molecular complexity index is 866. The first kappa shape index (κ1) is 18.8. The zero-order valence-corrected chi connectivity index (χ0v) is 16.6. The van der Waals surface area contributed by atoms with E-state index < -0.39 is 14.6 Å². The molecule has 2 heterocycles. The number of rotatable bonds is 4. The van der Waals surface area contributed by atoms with Crippen LogP contribution in [0.1, 0.15) is 26.5 Å². The number of nitrogens with zero attached hydrogens (tertiary/aromatic N) is 2. The molecule has 3 rings (SSSR count). The van der Waals surface area contributed by atoms with E-state index in [4.69, 9.17) is 4.99 Å². The topological polar surface area (TPSA) is 77.6 Å². The first-order chi connectivity index (χ1) is 12.3. The summed E-state index contributed by atoms with van der Waals surface area (Å²) in [6, 6.07) is 10.4. The SMILES string of the molecule is CCNC(=NCCc1cc2ccccc2[nH]1)N1CCS(=O)(=O)C(C)(C)C1. The molecule has 0 aliphatic carbocycles. The first-order valence-electron chi connectivity index (χ1n) is 9.14. The molecule has 7 heteroatoms. The lowest BCUT2D eigenvalue weighted by molar-refractivity contribution is 0.353. The van der Waals surface area contributed by atoms with Gasteiger partial charge in [-0.1, -0.05) is 18.2 Å². The number of benzene rings is 1. The Morgan fingerprint density at radius 3 is 2.81 bits per heavy atom. The molecule has 0 amide bonds. The number of guanidine groups is 1. The van der Waals surface area contributed by atoms with Gasteiger partial charge in [0.2, 0.25) is 0 Å². The third-order valence-electron chi connectivity index (χ3n) is 4.91. The molecule has 2 N–H and O–H groups in total. The molecular formula is C19H28N4O2S. The van der Waals surface area contributed by atoms with Crippen molar-refractivity contribution in [2.24, 2.45) is 4.99 Å². The Kier molecular flexibility index (Phi) is 5.27. The molecule has 0 bridgehead atoms. The average Bonchev–Trinajstić information content (AvgIpc) is 2.99. The van der Waals surface area contributed by atoms with Gasteiger partial charge in [-0.3, -0.25) is 4.99 Å². The first-order valence-corrected chi connectivity index (χ1v) is 10.8. The van der Waals surface area contributed by atoms with Crippen LogP contribution in [-0.2, 0) is 16.3 Å².